The van der Waals surface area contributed by atoms with Crippen molar-refractivity contribution in [1.29, 1.82) is 0 Å². The summed E-state index contributed by atoms with van der Waals surface area (Å²) in [7, 11) is 0. The molecular formula is C11H15ClN2O. The third-order valence-corrected chi connectivity index (χ3v) is 3.07. The average molecular weight is 227 g/mol. The molecule has 0 amide bonds. The molecule has 4 heteroatoms. The fourth-order valence-corrected chi connectivity index (χ4v) is 2.07. The summed E-state index contributed by atoms with van der Waals surface area (Å²) in [5, 5.41) is 0.528. The third-order valence-electron chi connectivity index (χ3n) is 2.75. The van der Waals surface area contributed by atoms with Crippen LogP contribution in [0.2, 0.25) is 5.15 Å². The summed E-state index contributed by atoms with van der Waals surface area (Å²) in [4.78, 5) is 4.37. The van der Waals surface area contributed by atoms with Crippen molar-refractivity contribution in [2.24, 2.45) is 5.73 Å². The molecule has 0 aromatic carbocycles. The van der Waals surface area contributed by atoms with Gasteiger partial charge in [0.1, 0.15) is 5.15 Å². The number of pyridine rings is 1. The number of hydrogen-bond acceptors (Lipinski definition) is 3. The number of rotatable bonds is 2. The molecule has 0 saturated carbocycles. The minimum absolute atomic E-state index is 0.392. The van der Waals surface area contributed by atoms with E-state index in [0.717, 1.165) is 37.3 Å². The Labute approximate surface area is 94.6 Å². The van der Waals surface area contributed by atoms with Gasteiger partial charge in [-0.1, -0.05) is 17.7 Å². The van der Waals surface area contributed by atoms with Gasteiger partial charge in [0.25, 0.3) is 0 Å². The van der Waals surface area contributed by atoms with E-state index in [1.165, 1.54) is 0 Å². The molecule has 1 aliphatic heterocycles. The summed E-state index contributed by atoms with van der Waals surface area (Å²) < 4.78 is 5.43. The number of nitrogens with zero attached hydrogens (tertiary/aromatic N) is 1. The van der Waals surface area contributed by atoms with Crippen molar-refractivity contribution >= 4 is 11.6 Å². The molecule has 2 rings (SSSR count). The zero-order valence-corrected chi connectivity index (χ0v) is 9.33. The number of aromatic nitrogens is 1. The molecule has 0 radical (unpaired) electrons. The highest BCUT2D eigenvalue weighted by Crippen LogP contribution is 2.25. The van der Waals surface area contributed by atoms with Gasteiger partial charge in [-0.2, -0.15) is 0 Å². The second-order valence-corrected chi connectivity index (χ2v) is 4.16. The molecular weight excluding hydrogens is 212 g/mol. The van der Waals surface area contributed by atoms with Gasteiger partial charge in [0.2, 0.25) is 0 Å². The van der Waals surface area contributed by atoms with E-state index in [2.05, 4.69) is 4.98 Å². The second-order valence-electron chi connectivity index (χ2n) is 3.80. The summed E-state index contributed by atoms with van der Waals surface area (Å²) >= 11 is 6.02. The highest BCUT2D eigenvalue weighted by atomic mass is 35.5. The first kappa shape index (κ1) is 10.9. The summed E-state index contributed by atoms with van der Waals surface area (Å²) in [5.41, 5.74) is 7.46. The molecule has 82 valence electrons. The van der Waals surface area contributed by atoms with Crippen molar-refractivity contribution in [2.45, 2.75) is 25.3 Å². The SMILES string of the molecule is NCc1ccc(C2CCCOC2)nc1Cl. The number of nitrogens with two attached hydrogens (primary N) is 1. The minimum atomic E-state index is 0.392. The average Bonchev–Trinajstić information content (AvgIpc) is 2.30. The lowest BCUT2D eigenvalue weighted by Gasteiger charge is -2.21. The van der Waals surface area contributed by atoms with Crippen molar-refractivity contribution in [3.8, 4) is 0 Å². The molecule has 1 unspecified atom stereocenters. The van der Waals surface area contributed by atoms with Crippen LogP contribution in [0.25, 0.3) is 0 Å². The molecule has 0 spiro atoms. The van der Waals surface area contributed by atoms with Crippen LogP contribution in [0, 0.1) is 0 Å². The molecule has 1 aromatic heterocycles. The number of hydrogen-bond donors (Lipinski definition) is 1. The molecule has 3 nitrogen and oxygen atoms in total. The first-order chi connectivity index (χ1) is 7.31. The van der Waals surface area contributed by atoms with Crippen LogP contribution in [-0.4, -0.2) is 18.2 Å². The molecule has 1 aromatic rings. The van der Waals surface area contributed by atoms with E-state index in [9.17, 15) is 0 Å². The van der Waals surface area contributed by atoms with Gasteiger partial charge >= 0.3 is 0 Å². The van der Waals surface area contributed by atoms with Crippen LogP contribution in [0.15, 0.2) is 12.1 Å². The topological polar surface area (TPSA) is 48.1 Å². The molecule has 15 heavy (non-hydrogen) atoms. The van der Waals surface area contributed by atoms with E-state index in [1.807, 2.05) is 12.1 Å². The zero-order valence-electron chi connectivity index (χ0n) is 8.58. The van der Waals surface area contributed by atoms with Gasteiger partial charge in [-0.15, -0.1) is 0 Å². The van der Waals surface area contributed by atoms with Gasteiger partial charge < -0.3 is 10.5 Å². The van der Waals surface area contributed by atoms with Gasteiger partial charge in [-0.3, -0.25) is 0 Å². The molecule has 1 saturated heterocycles. The molecule has 0 bridgehead atoms. The Kier molecular flexibility index (Phi) is 3.57. The second kappa shape index (κ2) is 4.92. The predicted octanol–water partition coefficient (Wildman–Crippen LogP) is 2.09. The monoisotopic (exact) mass is 226 g/mol. The molecule has 0 aliphatic carbocycles. The Hall–Kier alpha value is -0.640. The molecule has 1 atom stereocenters. The normalized spacial score (nSPS) is 21.6. The zero-order chi connectivity index (χ0) is 10.7. The minimum Gasteiger partial charge on any atom is -0.381 e. The van der Waals surface area contributed by atoms with Gasteiger partial charge in [0.05, 0.1) is 6.61 Å². The Bertz CT molecular complexity index is 337. The lowest BCUT2D eigenvalue weighted by atomic mass is 9.98. The van der Waals surface area contributed by atoms with E-state index >= 15 is 0 Å². The highest BCUT2D eigenvalue weighted by molar-refractivity contribution is 6.30. The maximum atomic E-state index is 6.02. The van der Waals surface area contributed by atoms with Crippen molar-refractivity contribution < 1.29 is 4.74 Å². The molecule has 2 N–H and O–H groups in total. The fourth-order valence-electron chi connectivity index (χ4n) is 1.83. The summed E-state index contributed by atoms with van der Waals surface area (Å²) in [6.07, 6.45) is 2.23. The summed E-state index contributed by atoms with van der Waals surface area (Å²) in [6.45, 7) is 2.06. The van der Waals surface area contributed by atoms with Crippen LogP contribution in [0.3, 0.4) is 0 Å². The Morgan fingerprint density at radius 1 is 1.53 bits per heavy atom. The van der Waals surface area contributed by atoms with Crippen molar-refractivity contribution in [3.05, 3.63) is 28.5 Å². The smallest absolute Gasteiger partial charge is 0.133 e. The Morgan fingerprint density at radius 2 is 2.40 bits per heavy atom. The van der Waals surface area contributed by atoms with Gasteiger partial charge in [0.15, 0.2) is 0 Å². The van der Waals surface area contributed by atoms with Crippen LogP contribution < -0.4 is 5.73 Å². The number of halogens is 1. The maximum absolute atomic E-state index is 6.02. The van der Waals surface area contributed by atoms with Crippen molar-refractivity contribution in [3.63, 3.8) is 0 Å². The van der Waals surface area contributed by atoms with Crippen LogP contribution in [0.4, 0.5) is 0 Å². The molecule has 1 fully saturated rings. The standard InChI is InChI=1S/C11H15ClN2O/c12-11-8(6-13)3-4-10(14-11)9-2-1-5-15-7-9/h3-4,9H,1-2,5-7,13H2. The van der Waals surface area contributed by atoms with Crippen molar-refractivity contribution in [1.82, 2.24) is 4.98 Å². The van der Waals surface area contributed by atoms with E-state index in [4.69, 9.17) is 22.1 Å². The molecule has 1 aliphatic rings. The van der Waals surface area contributed by atoms with Gasteiger partial charge in [0, 0.05) is 30.3 Å². The fraction of sp³-hybridized carbons (Fsp3) is 0.545. The number of ether oxygens (including phenoxy) is 1. The highest BCUT2D eigenvalue weighted by Gasteiger charge is 2.17. The summed E-state index contributed by atoms with van der Waals surface area (Å²) in [5.74, 6) is 0.392. The van der Waals surface area contributed by atoms with Crippen LogP contribution in [0.5, 0.6) is 0 Å². The van der Waals surface area contributed by atoms with E-state index in [0.29, 0.717) is 17.6 Å². The van der Waals surface area contributed by atoms with Gasteiger partial charge in [-0.05, 0) is 18.9 Å². The summed E-state index contributed by atoms with van der Waals surface area (Å²) in [6, 6.07) is 3.96. The predicted molar refractivity (Wildman–Crippen MR) is 59.9 cm³/mol. The largest absolute Gasteiger partial charge is 0.381 e. The Morgan fingerprint density at radius 3 is 3.00 bits per heavy atom. The van der Waals surface area contributed by atoms with Crippen LogP contribution in [0.1, 0.15) is 30.0 Å². The lowest BCUT2D eigenvalue weighted by molar-refractivity contribution is 0.0793. The maximum Gasteiger partial charge on any atom is 0.133 e. The quantitative estimate of drug-likeness (QED) is 0.786. The van der Waals surface area contributed by atoms with Crippen LogP contribution in [-0.2, 0) is 11.3 Å². The van der Waals surface area contributed by atoms with E-state index in [1.54, 1.807) is 0 Å². The third kappa shape index (κ3) is 2.48. The van der Waals surface area contributed by atoms with Crippen LogP contribution >= 0.6 is 11.6 Å². The Balaban J connectivity index is 2.17. The lowest BCUT2D eigenvalue weighted by Crippen LogP contribution is -2.16. The first-order valence-electron chi connectivity index (χ1n) is 5.24. The molecule has 2 heterocycles. The van der Waals surface area contributed by atoms with E-state index < -0.39 is 0 Å². The van der Waals surface area contributed by atoms with Gasteiger partial charge in [-0.25, -0.2) is 4.98 Å². The van der Waals surface area contributed by atoms with E-state index in [-0.39, 0.29) is 0 Å². The van der Waals surface area contributed by atoms with Crippen molar-refractivity contribution in [2.75, 3.05) is 13.2 Å². The first-order valence-corrected chi connectivity index (χ1v) is 5.62.